The van der Waals surface area contributed by atoms with Crippen LogP contribution in [0.15, 0.2) is 18.2 Å². The molecule has 2 amide bonds. The van der Waals surface area contributed by atoms with Crippen molar-refractivity contribution in [1.82, 2.24) is 5.32 Å². The van der Waals surface area contributed by atoms with Crippen LogP contribution in [-0.4, -0.2) is 31.4 Å². The van der Waals surface area contributed by atoms with E-state index in [0.717, 1.165) is 12.1 Å². The molecule has 6 nitrogen and oxygen atoms in total. The van der Waals surface area contributed by atoms with Gasteiger partial charge in [-0.15, -0.1) is 0 Å². The second-order valence-electron chi connectivity index (χ2n) is 5.34. The summed E-state index contributed by atoms with van der Waals surface area (Å²) < 4.78 is 35.6. The first-order chi connectivity index (χ1) is 10.8. The number of alkyl carbamates (subject to hydrolysis) is 1. The molecule has 0 saturated heterocycles. The summed E-state index contributed by atoms with van der Waals surface area (Å²) >= 11 is 0. The maximum absolute atomic E-state index is 13.0. The highest BCUT2D eigenvalue weighted by molar-refractivity contribution is 5.84. The molecule has 1 rings (SSSR count). The molecular formula is C15H20F2N2O4. The molecule has 0 aromatic heterocycles. The van der Waals surface area contributed by atoms with Crippen LogP contribution in [0.25, 0.3) is 0 Å². The van der Waals surface area contributed by atoms with Gasteiger partial charge in [-0.1, -0.05) is 13.8 Å². The molecule has 1 aromatic rings. The van der Waals surface area contributed by atoms with Crippen molar-refractivity contribution in [3.8, 4) is 0 Å². The van der Waals surface area contributed by atoms with Crippen LogP contribution in [0, 0.1) is 17.6 Å². The quantitative estimate of drug-likeness (QED) is 0.839. The Balaban J connectivity index is 2.33. The molecule has 8 heteroatoms. The van der Waals surface area contributed by atoms with E-state index in [4.69, 9.17) is 9.47 Å². The van der Waals surface area contributed by atoms with Crippen molar-refractivity contribution in [1.29, 1.82) is 0 Å². The van der Waals surface area contributed by atoms with Gasteiger partial charge in [0.05, 0.1) is 13.2 Å². The third-order valence-corrected chi connectivity index (χ3v) is 2.56. The Morgan fingerprint density at radius 3 is 2.43 bits per heavy atom. The van der Waals surface area contributed by atoms with E-state index in [1.165, 1.54) is 6.07 Å². The molecule has 1 atom stereocenters. The van der Waals surface area contributed by atoms with Crippen LogP contribution >= 0.6 is 0 Å². The first-order valence-electron chi connectivity index (χ1n) is 7.11. The molecule has 0 bridgehead atoms. The summed E-state index contributed by atoms with van der Waals surface area (Å²) in [6, 6.07) is 2.93. The van der Waals surface area contributed by atoms with Crippen LogP contribution in [0.4, 0.5) is 24.1 Å². The van der Waals surface area contributed by atoms with Crippen LogP contribution in [0.1, 0.15) is 20.8 Å². The first-order valence-corrected chi connectivity index (χ1v) is 7.11. The fraction of sp³-hybridized carbons (Fsp3) is 0.467. The average molecular weight is 330 g/mol. The third kappa shape index (κ3) is 7.44. The van der Waals surface area contributed by atoms with Crippen LogP contribution < -0.4 is 10.6 Å². The maximum Gasteiger partial charge on any atom is 0.411 e. The molecule has 0 aliphatic rings. The Morgan fingerprint density at radius 1 is 1.13 bits per heavy atom. The minimum absolute atomic E-state index is 0.0577. The Labute approximate surface area is 133 Å². The van der Waals surface area contributed by atoms with Crippen molar-refractivity contribution in [3.63, 3.8) is 0 Å². The zero-order valence-electron chi connectivity index (χ0n) is 13.2. The minimum atomic E-state index is -1.08. The van der Waals surface area contributed by atoms with Gasteiger partial charge in [0.1, 0.15) is 6.10 Å². The number of rotatable bonds is 6. The Hall–Kier alpha value is -2.38. The van der Waals surface area contributed by atoms with Gasteiger partial charge in [-0.25, -0.2) is 18.4 Å². The lowest BCUT2D eigenvalue weighted by Gasteiger charge is -2.15. The summed E-state index contributed by atoms with van der Waals surface area (Å²) in [5.74, 6) is -1.87. The molecule has 1 aromatic carbocycles. The average Bonchev–Trinajstić information content (AvgIpc) is 2.46. The van der Waals surface area contributed by atoms with E-state index in [9.17, 15) is 18.4 Å². The van der Waals surface area contributed by atoms with Crippen LogP contribution in [0.2, 0.25) is 0 Å². The maximum atomic E-state index is 13.0. The second kappa shape index (κ2) is 8.92. The number of anilines is 1. The van der Waals surface area contributed by atoms with E-state index in [-0.39, 0.29) is 24.8 Å². The van der Waals surface area contributed by atoms with Gasteiger partial charge in [0.15, 0.2) is 11.6 Å². The predicted molar refractivity (Wildman–Crippen MR) is 80.1 cm³/mol. The molecule has 0 radical (unpaired) electrons. The van der Waals surface area contributed by atoms with Gasteiger partial charge in [0, 0.05) is 11.8 Å². The second-order valence-corrected chi connectivity index (χ2v) is 5.34. The summed E-state index contributed by atoms with van der Waals surface area (Å²) in [7, 11) is 0. The number of amides is 2. The largest absolute Gasteiger partial charge is 0.449 e. The number of hydrogen-bond donors (Lipinski definition) is 2. The van der Waals surface area contributed by atoms with Gasteiger partial charge in [-0.05, 0) is 25.0 Å². The lowest BCUT2D eigenvalue weighted by atomic mass is 10.2. The van der Waals surface area contributed by atoms with Crippen molar-refractivity contribution >= 4 is 17.9 Å². The number of carbonyl (C=O) groups is 2. The standard InChI is InChI=1S/C15H20F2N2O4/c1-9(2)8-22-14(20)18-7-10(3)23-15(21)19-11-4-5-12(16)13(17)6-11/h4-6,9-10H,7-8H2,1-3H3,(H,18,20)(H,19,21). The van der Waals surface area contributed by atoms with Crippen molar-refractivity contribution in [2.45, 2.75) is 26.9 Å². The van der Waals surface area contributed by atoms with E-state index in [1.807, 2.05) is 13.8 Å². The van der Waals surface area contributed by atoms with Gasteiger partial charge in [0.25, 0.3) is 0 Å². The van der Waals surface area contributed by atoms with Gasteiger partial charge in [0.2, 0.25) is 0 Å². The van der Waals surface area contributed by atoms with Gasteiger partial charge >= 0.3 is 12.2 Å². The van der Waals surface area contributed by atoms with E-state index in [2.05, 4.69) is 10.6 Å². The summed E-state index contributed by atoms with van der Waals surface area (Å²) in [4.78, 5) is 22.9. The van der Waals surface area contributed by atoms with Crippen LogP contribution in [0.3, 0.4) is 0 Å². The fourth-order valence-corrected chi connectivity index (χ4v) is 1.47. The fourth-order valence-electron chi connectivity index (χ4n) is 1.47. The molecule has 0 saturated carbocycles. The molecule has 0 aliphatic carbocycles. The molecular weight excluding hydrogens is 310 g/mol. The zero-order valence-corrected chi connectivity index (χ0v) is 13.2. The molecule has 2 N–H and O–H groups in total. The van der Waals surface area contributed by atoms with E-state index >= 15 is 0 Å². The Morgan fingerprint density at radius 2 is 1.83 bits per heavy atom. The molecule has 0 spiro atoms. The lowest BCUT2D eigenvalue weighted by Crippen LogP contribution is -2.35. The highest BCUT2D eigenvalue weighted by Crippen LogP contribution is 2.13. The molecule has 0 aliphatic heterocycles. The molecule has 0 heterocycles. The highest BCUT2D eigenvalue weighted by Gasteiger charge is 2.13. The monoisotopic (exact) mass is 330 g/mol. The van der Waals surface area contributed by atoms with Gasteiger partial charge < -0.3 is 14.8 Å². The molecule has 1 unspecified atom stereocenters. The van der Waals surface area contributed by atoms with E-state index in [1.54, 1.807) is 6.92 Å². The van der Waals surface area contributed by atoms with Crippen molar-refractivity contribution in [2.75, 3.05) is 18.5 Å². The number of ether oxygens (including phenoxy) is 2. The topological polar surface area (TPSA) is 76.7 Å². The van der Waals surface area contributed by atoms with Crippen LogP contribution in [-0.2, 0) is 9.47 Å². The SMILES string of the molecule is CC(C)COC(=O)NCC(C)OC(=O)Nc1ccc(F)c(F)c1. The highest BCUT2D eigenvalue weighted by atomic mass is 19.2. The van der Waals surface area contributed by atoms with E-state index in [0.29, 0.717) is 0 Å². The smallest absolute Gasteiger partial charge is 0.411 e. The number of nitrogens with one attached hydrogen (secondary N) is 2. The first kappa shape index (κ1) is 18.7. The number of halogens is 2. The van der Waals surface area contributed by atoms with Crippen LogP contribution in [0.5, 0.6) is 0 Å². The van der Waals surface area contributed by atoms with Gasteiger partial charge in [-0.2, -0.15) is 0 Å². The van der Waals surface area contributed by atoms with Crippen molar-refractivity contribution < 1.29 is 27.8 Å². The number of carbonyl (C=O) groups excluding carboxylic acids is 2. The summed E-state index contributed by atoms with van der Waals surface area (Å²) in [5, 5.41) is 4.70. The Bertz CT molecular complexity index is 552. The zero-order chi connectivity index (χ0) is 17.4. The van der Waals surface area contributed by atoms with E-state index < -0.39 is 29.9 Å². The van der Waals surface area contributed by atoms with Crippen molar-refractivity contribution in [2.24, 2.45) is 5.92 Å². The minimum Gasteiger partial charge on any atom is -0.449 e. The molecule has 128 valence electrons. The summed E-state index contributed by atoms with van der Waals surface area (Å²) in [6.45, 7) is 5.72. The normalized spacial score (nSPS) is 11.7. The molecule has 0 fully saturated rings. The molecule has 23 heavy (non-hydrogen) atoms. The number of benzene rings is 1. The summed E-state index contributed by atoms with van der Waals surface area (Å²) in [6.07, 6.45) is -2.08. The van der Waals surface area contributed by atoms with Gasteiger partial charge in [-0.3, -0.25) is 5.32 Å². The number of hydrogen-bond acceptors (Lipinski definition) is 4. The third-order valence-electron chi connectivity index (χ3n) is 2.56. The lowest BCUT2D eigenvalue weighted by molar-refractivity contribution is 0.107. The van der Waals surface area contributed by atoms with Crippen molar-refractivity contribution in [3.05, 3.63) is 29.8 Å². The predicted octanol–water partition coefficient (Wildman–Crippen LogP) is 3.28. The summed E-state index contributed by atoms with van der Waals surface area (Å²) in [5.41, 5.74) is 0.0606. The Kier molecular flexibility index (Phi) is 7.24.